The molecule has 10 heteroatoms. The molecule has 1 aliphatic rings. The van der Waals surface area contributed by atoms with Gasteiger partial charge in [-0.15, -0.1) is 0 Å². The van der Waals surface area contributed by atoms with Gasteiger partial charge < -0.3 is 14.8 Å². The Morgan fingerprint density at radius 2 is 1.56 bits per heavy atom. The first-order chi connectivity index (χ1) is 15.4. The average Bonchev–Trinajstić information content (AvgIpc) is 3.08. The molecule has 0 unspecified atom stereocenters. The van der Waals surface area contributed by atoms with E-state index in [4.69, 9.17) is 21.7 Å². The topological polar surface area (TPSA) is 97.0 Å². The lowest BCUT2D eigenvalue weighted by atomic mass is 10.2. The van der Waals surface area contributed by atoms with Crippen LogP contribution in [0.5, 0.6) is 11.5 Å². The van der Waals surface area contributed by atoms with Crippen molar-refractivity contribution in [3.8, 4) is 11.5 Å². The van der Waals surface area contributed by atoms with Crippen molar-refractivity contribution >= 4 is 38.9 Å². The quantitative estimate of drug-likeness (QED) is 0.591. The number of anilines is 1. The van der Waals surface area contributed by atoms with Crippen molar-refractivity contribution in [1.29, 1.82) is 0 Å². The van der Waals surface area contributed by atoms with Crippen LogP contribution in [-0.2, 0) is 14.8 Å². The highest BCUT2D eigenvalue weighted by Crippen LogP contribution is 2.22. The van der Waals surface area contributed by atoms with E-state index in [1.54, 1.807) is 59.9 Å². The highest BCUT2D eigenvalue weighted by atomic mass is 32.2. The van der Waals surface area contributed by atoms with Crippen molar-refractivity contribution in [2.24, 2.45) is 0 Å². The number of hydrogen-bond acceptors (Lipinski definition) is 6. The molecule has 8 nitrogen and oxygen atoms in total. The predicted molar refractivity (Wildman–Crippen MR) is 127 cm³/mol. The summed E-state index contributed by atoms with van der Waals surface area (Å²) in [5.74, 6) is 0.803. The van der Waals surface area contributed by atoms with Gasteiger partial charge in [-0.1, -0.05) is 12.8 Å². The second-order valence-electron chi connectivity index (χ2n) is 7.31. The number of amides is 1. The lowest BCUT2D eigenvalue weighted by molar-refractivity contribution is -0.121. The number of thiocarbonyl (C=S) groups is 1. The maximum absolute atomic E-state index is 12.8. The zero-order chi connectivity index (χ0) is 23.0. The number of ether oxygens (including phenoxy) is 2. The van der Waals surface area contributed by atoms with Crippen LogP contribution in [0.1, 0.15) is 25.7 Å². The molecule has 0 saturated carbocycles. The SMILES string of the molecule is COc1ccc(OCC(=O)NC(=S)Nc2ccc(S(=O)(=O)N3CCCCCC3)cc2)cc1. The van der Waals surface area contributed by atoms with Gasteiger partial charge >= 0.3 is 0 Å². The fourth-order valence-corrected chi connectivity index (χ4v) is 5.04. The Morgan fingerprint density at radius 3 is 2.16 bits per heavy atom. The lowest BCUT2D eigenvalue weighted by Gasteiger charge is -2.20. The Balaban J connectivity index is 1.49. The van der Waals surface area contributed by atoms with Crippen molar-refractivity contribution in [3.05, 3.63) is 48.5 Å². The van der Waals surface area contributed by atoms with Crippen molar-refractivity contribution in [2.75, 3.05) is 32.1 Å². The van der Waals surface area contributed by atoms with Crippen LogP contribution in [0, 0.1) is 0 Å². The first-order valence-corrected chi connectivity index (χ1v) is 12.2. The standard InChI is InChI=1S/C22H27N3O5S2/c1-29-18-8-10-19(11-9-18)30-16-21(26)24-22(31)23-17-6-12-20(13-7-17)32(27,28)25-14-4-2-3-5-15-25/h6-13H,2-5,14-16H2,1H3,(H2,23,24,26,31). The third-order valence-corrected chi connectivity index (χ3v) is 7.11. The number of sulfonamides is 1. The van der Waals surface area contributed by atoms with Crippen molar-refractivity contribution < 1.29 is 22.7 Å². The van der Waals surface area contributed by atoms with Gasteiger partial charge in [0.15, 0.2) is 11.7 Å². The minimum atomic E-state index is -3.51. The van der Waals surface area contributed by atoms with Crippen LogP contribution in [0.25, 0.3) is 0 Å². The number of carbonyl (C=O) groups is 1. The number of nitrogens with zero attached hydrogens (tertiary/aromatic N) is 1. The third-order valence-electron chi connectivity index (χ3n) is 5.00. The van der Waals surface area contributed by atoms with Crippen molar-refractivity contribution in [1.82, 2.24) is 9.62 Å². The van der Waals surface area contributed by atoms with Gasteiger partial charge in [0.25, 0.3) is 5.91 Å². The molecular formula is C22H27N3O5S2. The van der Waals surface area contributed by atoms with Gasteiger partial charge in [-0.2, -0.15) is 4.31 Å². The Morgan fingerprint density at radius 1 is 0.969 bits per heavy atom. The molecule has 3 rings (SSSR count). The molecule has 0 atom stereocenters. The summed E-state index contributed by atoms with van der Waals surface area (Å²) in [5, 5.41) is 5.50. The molecule has 0 aromatic heterocycles. The van der Waals surface area contributed by atoms with E-state index in [1.807, 2.05) is 0 Å². The van der Waals surface area contributed by atoms with Gasteiger partial charge in [0, 0.05) is 18.8 Å². The average molecular weight is 478 g/mol. The maximum Gasteiger partial charge on any atom is 0.264 e. The minimum Gasteiger partial charge on any atom is -0.497 e. The summed E-state index contributed by atoms with van der Waals surface area (Å²) in [6.45, 7) is 0.898. The van der Waals surface area contributed by atoms with E-state index in [1.165, 1.54) is 0 Å². The summed E-state index contributed by atoms with van der Waals surface area (Å²) in [5.41, 5.74) is 0.571. The zero-order valence-corrected chi connectivity index (χ0v) is 19.5. The van der Waals surface area contributed by atoms with Crippen molar-refractivity contribution in [3.63, 3.8) is 0 Å². The number of nitrogens with one attached hydrogen (secondary N) is 2. The van der Waals surface area contributed by atoms with Crippen LogP contribution in [0.2, 0.25) is 0 Å². The summed E-state index contributed by atoms with van der Waals surface area (Å²) in [6, 6.07) is 13.2. The largest absolute Gasteiger partial charge is 0.497 e. The molecule has 1 amide bonds. The number of rotatable bonds is 7. The monoisotopic (exact) mass is 477 g/mol. The Hall–Kier alpha value is -2.69. The highest BCUT2D eigenvalue weighted by molar-refractivity contribution is 7.89. The van der Waals surface area contributed by atoms with E-state index < -0.39 is 15.9 Å². The minimum absolute atomic E-state index is 0.0939. The normalized spacial score (nSPS) is 14.8. The van der Waals surface area contributed by atoms with Crippen LogP contribution < -0.4 is 20.1 Å². The van der Waals surface area contributed by atoms with Gasteiger partial charge in [-0.05, 0) is 73.6 Å². The second kappa shape index (κ2) is 11.3. The lowest BCUT2D eigenvalue weighted by Crippen LogP contribution is -2.37. The molecule has 1 fully saturated rings. The summed E-state index contributed by atoms with van der Waals surface area (Å²) in [6.07, 6.45) is 3.89. The van der Waals surface area contributed by atoms with E-state index in [9.17, 15) is 13.2 Å². The van der Waals surface area contributed by atoms with Gasteiger partial charge in [-0.25, -0.2) is 8.42 Å². The molecule has 0 bridgehead atoms. The molecule has 2 N–H and O–H groups in total. The number of benzene rings is 2. The first-order valence-electron chi connectivity index (χ1n) is 10.4. The Kier molecular flexibility index (Phi) is 8.43. The molecule has 172 valence electrons. The van der Waals surface area contributed by atoms with Gasteiger partial charge in [0.1, 0.15) is 11.5 Å². The van der Waals surface area contributed by atoms with Crippen LogP contribution in [0.15, 0.2) is 53.4 Å². The molecule has 0 spiro atoms. The molecule has 32 heavy (non-hydrogen) atoms. The van der Waals surface area contributed by atoms with E-state index in [0.717, 1.165) is 25.7 Å². The first kappa shape index (κ1) is 24.0. The van der Waals surface area contributed by atoms with Crippen LogP contribution in [-0.4, -0.2) is 50.5 Å². The molecular weight excluding hydrogens is 450 g/mol. The molecule has 2 aromatic rings. The Bertz CT molecular complexity index is 1020. The molecule has 1 heterocycles. The smallest absolute Gasteiger partial charge is 0.264 e. The fraction of sp³-hybridized carbons (Fsp3) is 0.364. The number of hydrogen-bond donors (Lipinski definition) is 2. The van der Waals surface area contributed by atoms with Crippen LogP contribution in [0.3, 0.4) is 0 Å². The van der Waals surface area contributed by atoms with Crippen LogP contribution in [0.4, 0.5) is 5.69 Å². The van der Waals surface area contributed by atoms with E-state index in [2.05, 4.69) is 10.6 Å². The molecule has 2 aromatic carbocycles. The van der Waals surface area contributed by atoms with E-state index >= 15 is 0 Å². The molecule has 0 radical (unpaired) electrons. The summed E-state index contributed by atoms with van der Waals surface area (Å²) in [7, 11) is -1.94. The fourth-order valence-electron chi connectivity index (χ4n) is 3.29. The number of methoxy groups -OCH3 is 1. The third kappa shape index (κ3) is 6.65. The summed E-state index contributed by atoms with van der Waals surface area (Å²) in [4.78, 5) is 12.3. The molecule has 1 aliphatic heterocycles. The van der Waals surface area contributed by atoms with Gasteiger partial charge in [0.05, 0.1) is 12.0 Å². The van der Waals surface area contributed by atoms with Gasteiger partial charge in [0.2, 0.25) is 10.0 Å². The summed E-state index contributed by atoms with van der Waals surface area (Å²) >= 11 is 5.16. The molecule has 1 saturated heterocycles. The van der Waals surface area contributed by atoms with Crippen LogP contribution >= 0.6 is 12.2 Å². The highest BCUT2D eigenvalue weighted by Gasteiger charge is 2.24. The zero-order valence-electron chi connectivity index (χ0n) is 17.9. The Labute approximate surface area is 193 Å². The van der Waals surface area contributed by atoms with Crippen molar-refractivity contribution in [2.45, 2.75) is 30.6 Å². The number of carbonyl (C=O) groups excluding carboxylic acids is 1. The second-order valence-corrected chi connectivity index (χ2v) is 9.66. The molecule has 0 aliphatic carbocycles. The van der Waals surface area contributed by atoms with Gasteiger partial charge in [-0.3, -0.25) is 10.1 Å². The summed E-state index contributed by atoms with van der Waals surface area (Å²) < 4.78 is 37.7. The van der Waals surface area contributed by atoms with E-state index in [-0.39, 0.29) is 16.6 Å². The van der Waals surface area contributed by atoms with E-state index in [0.29, 0.717) is 30.3 Å². The maximum atomic E-state index is 12.8. The predicted octanol–water partition coefficient (Wildman–Crippen LogP) is 3.15.